The van der Waals surface area contributed by atoms with Gasteiger partial charge in [-0.05, 0) is 49.7 Å². The van der Waals surface area contributed by atoms with Gasteiger partial charge in [0.05, 0.1) is 11.3 Å². The van der Waals surface area contributed by atoms with Gasteiger partial charge in [-0.15, -0.1) is 0 Å². The van der Waals surface area contributed by atoms with E-state index in [9.17, 15) is 9.59 Å². The van der Waals surface area contributed by atoms with E-state index in [-0.39, 0.29) is 0 Å². The van der Waals surface area contributed by atoms with Gasteiger partial charge in [0, 0.05) is 35.8 Å². The van der Waals surface area contributed by atoms with Crippen molar-refractivity contribution < 1.29 is 4.79 Å². The Morgan fingerprint density at radius 1 is 1.29 bits per heavy atom. The van der Waals surface area contributed by atoms with E-state index in [1.54, 1.807) is 6.07 Å². The first-order valence-corrected chi connectivity index (χ1v) is 9.78. The molecule has 1 aliphatic rings. The van der Waals surface area contributed by atoms with Crippen molar-refractivity contribution in [3.8, 4) is 11.3 Å². The second kappa shape index (κ2) is 7.64. The number of carbonyl (C=O) groups excluding carboxylic acids is 1. The van der Waals surface area contributed by atoms with Crippen LogP contribution >= 0.6 is 0 Å². The van der Waals surface area contributed by atoms with E-state index < -0.39 is 11.6 Å². The number of carbonyl (C=O) groups is 1. The number of amides is 1. The van der Waals surface area contributed by atoms with Crippen molar-refractivity contribution in [2.24, 2.45) is 5.73 Å². The lowest BCUT2D eigenvalue weighted by Gasteiger charge is -2.31. The molecule has 6 nitrogen and oxygen atoms in total. The van der Waals surface area contributed by atoms with Gasteiger partial charge in [0.25, 0.3) is 5.56 Å². The second-order valence-electron chi connectivity index (χ2n) is 7.68. The molecule has 2 heterocycles. The molecule has 0 atom stereocenters. The molecular weight excluding hydrogens is 352 g/mol. The highest BCUT2D eigenvalue weighted by Gasteiger charge is 2.18. The summed E-state index contributed by atoms with van der Waals surface area (Å²) in [5, 5.41) is 1.04. The van der Waals surface area contributed by atoms with E-state index in [1.165, 1.54) is 43.9 Å². The number of hydrogen-bond donors (Lipinski definition) is 2. The van der Waals surface area contributed by atoms with Crippen LogP contribution in [0, 0.1) is 6.07 Å². The number of H-pyrrole nitrogens is 1. The molecule has 1 fully saturated rings. The van der Waals surface area contributed by atoms with E-state index in [0.717, 1.165) is 22.0 Å². The Labute approximate surface area is 164 Å². The Morgan fingerprint density at radius 3 is 2.82 bits per heavy atom. The molecule has 3 aromatic rings. The predicted octanol–water partition coefficient (Wildman–Crippen LogP) is 3.49. The van der Waals surface area contributed by atoms with E-state index in [2.05, 4.69) is 35.1 Å². The zero-order valence-electron chi connectivity index (χ0n) is 16.1. The van der Waals surface area contributed by atoms with Crippen LogP contribution in [-0.2, 0) is 6.54 Å². The number of pyridine rings is 1. The standard InChI is InChI=1S/C22H25N4O2/c1-25(17-6-3-2-4-7-17)14-15-9-10-19-16(12-15)13-20(24-19)18-8-5-11-26(21(18)27)22(23)28/h8-13,17,24H,2-4,6-7,14H2,1H3,(H2,23,28). The van der Waals surface area contributed by atoms with Crippen LogP contribution in [0.2, 0.25) is 0 Å². The summed E-state index contributed by atoms with van der Waals surface area (Å²) in [4.78, 5) is 29.6. The second-order valence-corrected chi connectivity index (χ2v) is 7.68. The number of hydrogen-bond acceptors (Lipinski definition) is 3. The molecular formula is C22H25N4O2. The van der Waals surface area contributed by atoms with Crippen LogP contribution in [0.4, 0.5) is 4.79 Å². The molecule has 145 valence electrons. The Balaban J connectivity index is 1.61. The van der Waals surface area contributed by atoms with Gasteiger partial charge >= 0.3 is 6.03 Å². The third-order valence-corrected chi connectivity index (χ3v) is 5.72. The smallest absolute Gasteiger partial charge is 0.325 e. The highest BCUT2D eigenvalue weighted by molar-refractivity contribution is 5.86. The molecule has 1 aliphatic carbocycles. The lowest BCUT2D eigenvalue weighted by atomic mass is 9.94. The topological polar surface area (TPSA) is 84.1 Å². The number of nitrogens with two attached hydrogens (primary N) is 1. The van der Waals surface area contributed by atoms with E-state index in [0.29, 0.717) is 17.3 Å². The van der Waals surface area contributed by atoms with Gasteiger partial charge in [0.2, 0.25) is 0 Å². The maximum Gasteiger partial charge on any atom is 0.325 e. The van der Waals surface area contributed by atoms with Gasteiger partial charge < -0.3 is 10.7 Å². The average Bonchev–Trinajstić information content (AvgIpc) is 3.11. The van der Waals surface area contributed by atoms with Gasteiger partial charge in [-0.3, -0.25) is 9.69 Å². The molecule has 1 saturated carbocycles. The van der Waals surface area contributed by atoms with Crippen molar-refractivity contribution in [3.05, 3.63) is 58.5 Å². The van der Waals surface area contributed by atoms with Crippen LogP contribution in [0.3, 0.4) is 0 Å². The molecule has 0 aliphatic heterocycles. The third kappa shape index (κ3) is 3.60. The van der Waals surface area contributed by atoms with Crippen LogP contribution < -0.4 is 11.3 Å². The van der Waals surface area contributed by atoms with Crippen LogP contribution in [0.1, 0.15) is 37.7 Å². The number of aromatic nitrogens is 2. The van der Waals surface area contributed by atoms with Crippen molar-refractivity contribution in [2.45, 2.75) is 44.7 Å². The van der Waals surface area contributed by atoms with E-state index in [1.807, 2.05) is 12.1 Å². The summed E-state index contributed by atoms with van der Waals surface area (Å²) in [6.07, 6.45) is 7.83. The predicted molar refractivity (Wildman–Crippen MR) is 110 cm³/mol. The molecule has 0 spiro atoms. The minimum atomic E-state index is -0.813. The molecule has 1 amide bonds. The zero-order chi connectivity index (χ0) is 19.7. The first-order chi connectivity index (χ1) is 13.5. The molecule has 2 aromatic heterocycles. The lowest BCUT2D eigenvalue weighted by molar-refractivity contribution is 0.184. The molecule has 0 bridgehead atoms. The highest BCUT2D eigenvalue weighted by Crippen LogP contribution is 2.26. The van der Waals surface area contributed by atoms with E-state index in [4.69, 9.17) is 5.73 Å². The maximum absolute atomic E-state index is 12.5. The van der Waals surface area contributed by atoms with Crippen molar-refractivity contribution in [1.82, 2.24) is 14.5 Å². The molecule has 3 N–H and O–H groups in total. The summed E-state index contributed by atoms with van der Waals surface area (Å²) in [5.74, 6) is 0. The van der Waals surface area contributed by atoms with Gasteiger partial charge in [-0.1, -0.05) is 25.3 Å². The summed E-state index contributed by atoms with van der Waals surface area (Å²) >= 11 is 0. The van der Waals surface area contributed by atoms with Gasteiger partial charge in [-0.25, -0.2) is 9.36 Å². The Bertz CT molecular complexity index is 1060. The average molecular weight is 377 g/mol. The minimum Gasteiger partial charge on any atom is -0.354 e. The zero-order valence-corrected chi connectivity index (χ0v) is 16.1. The number of nitrogens with zero attached hydrogens (tertiary/aromatic N) is 2. The SMILES string of the molecule is CN(Cc1ccc2[nH]c(-c3c[c]cn(C(N)=O)c3=O)cc2c1)C1CCCCC1. The quantitative estimate of drug-likeness (QED) is 0.730. The lowest BCUT2D eigenvalue weighted by Crippen LogP contribution is -2.32. The number of rotatable bonds is 4. The number of nitrogens with one attached hydrogen (secondary N) is 1. The fourth-order valence-electron chi connectivity index (χ4n) is 4.17. The van der Waals surface area contributed by atoms with Gasteiger partial charge in [0.15, 0.2) is 0 Å². The number of primary amides is 1. The minimum absolute atomic E-state index is 0.373. The van der Waals surface area contributed by atoms with Crippen molar-refractivity contribution in [1.29, 1.82) is 0 Å². The summed E-state index contributed by atoms with van der Waals surface area (Å²) in [6, 6.07) is 12.5. The fourth-order valence-corrected chi connectivity index (χ4v) is 4.17. The first kappa shape index (κ1) is 18.5. The fraction of sp³-hybridized carbons (Fsp3) is 0.364. The molecule has 1 radical (unpaired) electrons. The summed E-state index contributed by atoms with van der Waals surface area (Å²) in [6.45, 7) is 0.911. The monoisotopic (exact) mass is 377 g/mol. The largest absolute Gasteiger partial charge is 0.354 e. The molecule has 1 aromatic carbocycles. The number of aromatic amines is 1. The Kier molecular flexibility index (Phi) is 5.05. The van der Waals surface area contributed by atoms with Gasteiger partial charge in [0.1, 0.15) is 0 Å². The number of benzene rings is 1. The van der Waals surface area contributed by atoms with Crippen LogP contribution in [-0.4, -0.2) is 33.6 Å². The Hall–Kier alpha value is -2.86. The third-order valence-electron chi connectivity index (χ3n) is 5.72. The van der Waals surface area contributed by atoms with Crippen LogP contribution in [0.15, 0.2) is 41.3 Å². The number of fused-ring (bicyclic) bond motifs is 1. The highest BCUT2D eigenvalue weighted by atomic mass is 16.2. The molecule has 28 heavy (non-hydrogen) atoms. The normalized spacial score (nSPS) is 15.4. The van der Waals surface area contributed by atoms with Crippen LogP contribution in [0.25, 0.3) is 22.2 Å². The molecule has 0 unspecified atom stereocenters. The summed E-state index contributed by atoms with van der Waals surface area (Å²) in [5.41, 5.74) is 8.04. The van der Waals surface area contributed by atoms with E-state index >= 15 is 0 Å². The van der Waals surface area contributed by atoms with Gasteiger partial charge in [-0.2, -0.15) is 0 Å². The molecule has 6 heteroatoms. The molecule has 0 saturated heterocycles. The summed E-state index contributed by atoms with van der Waals surface area (Å²) in [7, 11) is 2.20. The maximum atomic E-state index is 12.5. The Morgan fingerprint density at radius 2 is 2.07 bits per heavy atom. The summed E-state index contributed by atoms with van der Waals surface area (Å²) < 4.78 is 0.866. The van der Waals surface area contributed by atoms with Crippen molar-refractivity contribution in [3.63, 3.8) is 0 Å². The van der Waals surface area contributed by atoms with Crippen LogP contribution in [0.5, 0.6) is 0 Å². The van der Waals surface area contributed by atoms with Crippen molar-refractivity contribution >= 4 is 16.9 Å². The molecule has 4 rings (SSSR count). The van der Waals surface area contributed by atoms with Crippen molar-refractivity contribution in [2.75, 3.05) is 7.05 Å². The first-order valence-electron chi connectivity index (χ1n) is 9.78.